The Hall–Kier alpha value is -2.57. The van der Waals surface area contributed by atoms with Gasteiger partial charge in [0.1, 0.15) is 23.7 Å². The van der Waals surface area contributed by atoms with Gasteiger partial charge >= 0.3 is 0 Å². The van der Waals surface area contributed by atoms with Crippen molar-refractivity contribution in [3.63, 3.8) is 0 Å². The molecule has 0 saturated heterocycles. The number of hydrogen-bond acceptors (Lipinski definition) is 4. The Morgan fingerprint density at radius 3 is 2.74 bits per heavy atom. The molecule has 98 valence electrons. The lowest BCUT2D eigenvalue weighted by atomic mass is 10.3. The standard InChI is InChI=1S/C12H9F2N3O2/c1-19-11-5-10(15-6-16-11)12(18)17-9-3-2-7(13)4-8(9)14/h2-6H,1H3,(H,17,18). The lowest BCUT2D eigenvalue weighted by Gasteiger charge is -2.06. The van der Waals surface area contributed by atoms with Crippen LogP contribution < -0.4 is 10.1 Å². The summed E-state index contributed by atoms with van der Waals surface area (Å²) in [6.07, 6.45) is 1.15. The second-order valence-corrected chi connectivity index (χ2v) is 3.52. The van der Waals surface area contributed by atoms with Crippen LogP contribution in [0.25, 0.3) is 0 Å². The molecule has 1 aromatic heterocycles. The average molecular weight is 265 g/mol. The summed E-state index contributed by atoms with van der Waals surface area (Å²) in [5, 5.41) is 2.28. The molecular weight excluding hydrogens is 256 g/mol. The Morgan fingerprint density at radius 1 is 1.26 bits per heavy atom. The molecule has 2 aromatic rings. The van der Waals surface area contributed by atoms with Crippen molar-refractivity contribution < 1.29 is 18.3 Å². The second-order valence-electron chi connectivity index (χ2n) is 3.52. The fourth-order valence-electron chi connectivity index (χ4n) is 1.35. The molecule has 0 aliphatic carbocycles. The summed E-state index contributed by atoms with van der Waals surface area (Å²) in [5.41, 5.74) is -0.125. The predicted molar refractivity (Wildman–Crippen MR) is 62.9 cm³/mol. The summed E-state index contributed by atoms with van der Waals surface area (Å²) < 4.78 is 30.9. The van der Waals surface area contributed by atoms with Crippen LogP contribution in [-0.2, 0) is 0 Å². The molecule has 2 rings (SSSR count). The molecular formula is C12H9F2N3O2. The minimum absolute atomic E-state index is 0.00979. The number of amides is 1. The Kier molecular flexibility index (Phi) is 3.65. The normalized spacial score (nSPS) is 10.1. The van der Waals surface area contributed by atoms with Gasteiger partial charge in [0.25, 0.3) is 5.91 Å². The predicted octanol–water partition coefficient (Wildman–Crippen LogP) is 2.02. The molecule has 0 aliphatic heterocycles. The largest absolute Gasteiger partial charge is 0.481 e. The van der Waals surface area contributed by atoms with Gasteiger partial charge < -0.3 is 10.1 Å². The van der Waals surface area contributed by atoms with Crippen molar-refractivity contribution in [3.8, 4) is 5.88 Å². The van der Waals surface area contributed by atoms with E-state index in [1.165, 1.54) is 13.2 Å². The first-order valence-corrected chi connectivity index (χ1v) is 5.22. The number of halogens is 2. The number of nitrogens with zero attached hydrogens (tertiary/aromatic N) is 2. The van der Waals surface area contributed by atoms with Crippen molar-refractivity contribution in [3.05, 3.63) is 47.9 Å². The minimum atomic E-state index is -0.866. The number of anilines is 1. The van der Waals surface area contributed by atoms with E-state index >= 15 is 0 Å². The van der Waals surface area contributed by atoms with Crippen LogP contribution in [0.15, 0.2) is 30.6 Å². The van der Waals surface area contributed by atoms with E-state index in [-0.39, 0.29) is 17.3 Å². The number of methoxy groups -OCH3 is 1. The molecule has 1 heterocycles. The molecule has 0 bridgehead atoms. The van der Waals surface area contributed by atoms with E-state index in [9.17, 15) is 13.6 Å². The number of rotatable bonds is 3. The highest BCUT2D eigenvalue weighted by atomic mass is 19.1. The first-order valence-electron chi connectivity index (χ1n) is 5.22. The highest BCUT2D eigenvalue weighted by Crippen LogP contribution is 2.16. The number of carbonyl (C=O) groups is 1. The molecule has 0 aliphatic rings. The Labute approximate surface area is 107 Å². The van der Waals surface area contributed by atoms with Crippen LogP contribution in [0.2, 0.25) is 0 Å². The van der Waals surface area contributed by atoms with Crippen LogP contribution in [-0.4, -0.2) is 23.0 Å². The Bertz CT molecular complexity index is 620. The van der Waals surface area contributed by atoms with Crippen molar-refractivity contribution in [2.75, 3.05) is 12.4 Å². The maximum Gasteiger partial charge on any atom is 0.274 e. The second kappa shape index (κ2) is 5.38. The van der Waals surface area contributed by atoms with Gasteiger partial charge in [0.15, 0.2) is 0 Å². The highest BCUT2D eigenvalue weighted by Gasteiger charge is 2.12. The first-order chi connectivity index (χ1) is 9.10. The van der Waals surface area contributed by atoms with Crippen molar-refractivity contribution in [2.24, 2.45) is 0 Å². The van der Waals surface area contributed by atoms with Gasteiger partial charge in [0, 0.05) is 12.1 Å². The third-order valence-corrected chi connectivity index (χ3v) is 2.26. The monoisotopic (exact) mass is 265 g/mol. The van der Waals surface area contributed by atoms with Gasteiger partial charge in [0.05, 0.1) is 12.8 Å². The molecule has 0 saturated carbocycles. The molecule has 0 fully saturated rings. The van der Waals surface area contributed by atoms with E-state index in [0.29, 0.717) is 6.07 Å². The van der Waals surface area contributed by atoms with E-state index < -0.39 is 17.5 Å². The zero-order chi connectivity index (χ0) is 13.8. The number of benzene rings is 1. The van der Waals surface area contributed by atoms with Crippen molar-refractivity contribution in [2.45, 2.75) is 0 Å². The van der Waals surface area contributed by atoms with Crippen LogP contribution in [0.5, 0.6) is 5.88 Å². The molecule has 1 aromatic carbocycles. The zero-order valence-corrected chi connectivity index (χ0v) is 9.85. The summed E-state index contributed by atoms with van der Waals surface area (Å²) in [4.78, 5) is 19.3. The van der Waals surface area contributed by atoms with E-state index in [1.54, 1.807) is 0 Å². The molecule has 1 amide bonds. The summed E-state index contributed by atoms with van der Waals surface area (Å²) in [5.74, 6) is -2.03. The lowest BCUT2D eigenvalue weighted by Crippen LogP contribution is -2.15. The molecule has 0 unspecified atom stereocenters. The summed E-state index contributed by atoms with van der Waals surface area (Å²) in [7, 11) is 1.39. The lowest BCUT2D eigenvalue weighted by molar-refractivity contribution is 0.102. The number of nitrogens with one attached hydrogen (secondary N) is 1. The van der Waals surface area contributed by atoms with Gasteiger partial charge in [-0.2, -0.15) is 0 Å². The van der Waals surface area contributed by atoms with E-state index in [4.69, 9.17) is 4.74 Å². The van der Waals surface area contributed by atoms with E-state index in [0.717, 1.165) is 18.5 Å². The number of aromatic nitrogens is 2. The maximum atomic E-state index is 13.4. The zero-order valence-electron chi connectivity index (χ0n) is 9.85. The summed E-state index contributed by atoms with van der Waals surface area (Å²) >= 11 is 0. The van der Waals surface area contributed by atoms with Crippen LogP contribution in [0.4, 0.5) is 14.5 Å². The molecule has 0 spiro atoms. The van der Waals surface area contributed by atoms with Gasteiger partial charge in [-0.05, 0) is 12.1 Å². The summed E-state index contributed by atoms with van der Waals surface area (Å²) in [6, 6.07) is 4.15. The number of ether oxygens (including phenoxy) is 1. The van der Waals surface area contributed by atoms with Crippen LogP contribution in [0.1, 0.15) is 10.5 Å². The molecule has 19 heavy (non-hydrogen) atoms. The first kappa shape index (κ1) is 12.9. The summed E-state index contributed by atoms with van der Waals surface area (Å²) in [6.45, 7) is 0. The molecule has 7 heteroatoms. The van der Waals surface area contributed by atoms with Crippen molar-refractivity contribution >= 4 is 11.6 Å². The number of hydrogen-bond donors (Lipinski definition) is 1. The SMILES string of the molecule is COc1cc(C(=O)Nc2ccc(F)cc2F)ncn1. The molecule has 0 radical (unpaired) electrons. The topological polar surface area (TPSA) is 64.1 Å². The number of carbonyl (C=O) groups excluding carboxylic acids is 1. The van der Waals surface area contributed by atoms with Gasteiger partial charge in [-0.3, -0.25) is 4.79 Å². The van der Waals surface area contributed by atoms with E-state index in [1.807, 2.05) is 0 Å². The van der Waals surface area contributed by atoms with Gasteiger partial charge in [0.2, 0.25) is 5.88 Å². The molecule has 5 nitrogen and oxygen atoms in total. The van der Waals surface area contributed by atoms with Crippen LogP contribution in [0.3, 0.4) is 0 Å². The molecule has 0 atom stereocenters. The van der Waals surface area contributed by atoms with Crippen molar-refractivity contribution in [1.82, 2.24) is 9.97 Å². The Balaban J connectivity index is 2.20. The smallest absolute Gasteiger partial charge is 0.274 e. The van der Waals surface area contributed by atoms with Gasteiger partial charge in [-0.25, -0.2) is 18.7 Å². The molecule has 1 N–H and O–H groups in total. The van der Waals surface area contributed by atoms with Gasteiger partial charge in [-0.1, -0.05) is 0 Å². The maximum absolute atomic E-state index is 13.4. The fourth-order valence-corrected chi connectivity index (χ4v) is 1.35. The third-order valence-electron chi connectivity index (χ3n) is 2.26. The van der Waals surface area contributed by atoms with Crippen LogP contribution >= 0.6 is 0 Å². The van der Waals surface area contributed by atoms with Crippen LogP contribution in [0, 0.1) is 11.6 Å². The van der Waals surface area contributed by atoms with E-state index in [2.05, 4.69) is 15.3 Å². The highest BCUT2D eigenvalue weighted by molar-refractivity contribution is 6.03. The quantitative estimate of drug-likeness (QED) is 0.922. The minimum Gasteiger partial charge on any atom is -0.481 e. The fraction of sp³-hybridized carbons (Fsp3) is 0.0833. The van der Waals surface area contributed by atoms with Gasteiger partial charge in [-0.15, -0.1) is 0 Å². The Morgan fingerprint density at radius 2 is 2.05 bits per heavy atom. The third kappa shape index (κ3) is 3.01. The van der Waals surface area contributed by atoms with Crippen molar-refractivity contribution in [1.29, 1.82) is 0 Å². The average Bonchev–Trinajstić information content (AvgIpc) is 2.42.